The number of fused-ring (bicyclic) bond motifs is 1. The van der Waals surface area contributed by atoms with Gasteiger partial charge in [0.2, 0.25) is 5.91 Å². The maximum atomic E-state index is 12.6. The summed E-state index contributed by atoms with van der Waals surface area (Å²) < 4.78 is 5.72. The van der Waals surface area contributed by atoms with E-state index in [1.807, 2.05) is 0 Å². The van der Waals surface area contributed by atoms with E-state index in [2.05, 4.69) is 30.6 Å². The molecule has 1 amide bonds. The second-order valence-electron chi connectivity index (χ2n) is 7.74. The number of hydrogen-bond acceptors (Lipinski definition) is 11. The number of carbonyl (C=O) groups excluding carboxylic acids is 1. The van der Waals surface area contributed by atoms with Crippen LogP contribution in [0, 0.1) is 0 Å². The number of phenolic OH excluding ortho intramolecular Hbond substituents is 1. The number of H-pyrrole nitrogens is 1. The first-order valence-corrected chi connectivity index (χ1v) is 10.2. The SMILES string of the molecule is N[C@H](Cc1ccc(O)cc1)C(=O)N[C@@H]1[C@@H](O)[C@H](O)[C@@H](Nc2ncnc3nc[nH]c23)O[C@H]1CO. The third-order valence-electron chi connectivity index (χ3n) is 5.47. The fourth-order valence-electron chi connectivity index (χ4n) is 3.68. The minimum atomic E-state index is -1.47. The van der Waals surface area contributed by atoms with Crippen molar-refractivity contribution in [1.29, 1.82) is 0 Å². The number of nitrogens with one attached hydrogen (secondary N) is 3. The van der Waals surface area contributed by atoms with Gasteiger partial charge in [0, 0.05) is 0 Å². The van der Waals surface area contributed by atoms with E-state index in [1.165, 1.54) is 24.8 Å². The Labute approximate surface area is 187 Å². The van der Waals surface area contributed by atoms with Crippen LogP contribution in [0.25, 0.3) is 11.2 Å². The van der Waals surface area contributed by atoms with Crippen molar-refractivity contribution in [1.82, 2.24) is 25.3 Å². The summed E-state index contributed by atoms with van der Waals surface area (Å²) in [4.78, 5) is 27.6. The molecular weight excluding hydrogens is 434 g/mol. The van der Waals surface area contributed by atoms with E-state index in [0.717, 1.165) is 5.56 Å². The van der Waals surface area contributed by atoms with Crippen molar-refractivity contribution in [3.8, 4) is 5.75 Å². The van der Waals surface area contributed by atoms with Gasteiger partial charge in [-0.15, -0.1) is 0 Å². The number of aromatic amines is 1. The number of anilines is 1. The molecule has 0 saturated carbocycles. The molecule has 176 valence electrons. The largest absolute Gasteiger partial charge is 0.508 e. The average Bonchev–Trinajstić information content (AvgIpc) is 3.30. The lowest BCUT2D eigenvalue weighted by Crippen LogP contribution is -2.67. The van der Waals surface area contributed by atoms with Gasteiger partial charge in [-0.1, -0.05) is 12.1 Å². The molecule has 13 nitrogen and oxygen atoms in total. The number of nitrogens with two attached hydrogens (primary N) is 1. The molecule has 3 heterocycles. The summed E-state index contributed by atoms with van der Waals surface area (Å²) in [5, 5.41) is 45.9. The highest BCUT2D eigenvalue weighted by atomic mass is 16.5. The van der Waals surface area contributed by atoms with Crippen LogP contribution in [0.4, 0.5) is 5.82 Å². The standard InChI is InChI=1S/C20H25N7O6/c21-11(5-9-1-3-10(29)4-2-9)19(32)26-13-12(6-28)33-20(16(31)15(13)30)27-18-14-17(23-7-22-14)24-8-25-18/h1-4,7-8,11-13,15-16,20,28-31H,5-6,21H2,(H,26,32)(H2,22,23,24,25,27)/t11-,12+,13+,15-,16+,20+/m1/s1. The van der Waals surface area contributed by atoms with Crippen LogP contribution in [0.1, 0.15) is 5.56 Å². The quantitative estimate of drug-likeness (QED) is 0.193. The van der Waals surface area contributed by atoms with Crippen molar-refractivity contribution in [2.45, 2.75) is 43.0 Å². The lowest BCUT2D eigenvalue weighted by atomic mass is 9.94. The van der Waals surface area contributed by atoms with Gasteiger partial charge < -0.3 is 46.5 Å². The molecule has 13 heteroatoms. The summed E-state index contributed by atoms with van der Waals surface area (Å²) in [5.41, 5.74) is 7.58. The van der Waals surface area contributed by atoms with E-state index >= 15 is 0 Å². The summed E-state index contributed by atoms with van der Waals surface area (Å²) in [6.45, 7) is -0.538. The lowest BCUT2D eigenvalue weighted by Gasteiger charge is -2.43. The summed E-state index contributed by atoms with van der Waals surface area (Å²) in [7, 11) is 0. The second kappa shape index (κ2) is 9.64. The van der Waals surface area contributed by atoms with Gasteiger partial charge in [-0.2, -0.15) is 0 Å². The number of aliphatic hydroxyl groups is 3. The van der Waals surface area contributed by atoms with Crippen molar-refractivity contribution in [3.05, 3.63) is 42.5 Å². The van der Waals surface area contributed by atoms with Crippen LogP contribution in [0.15, 0.2) is 36.9 Å². The number of carbonyl (C=O) groups is 1. The maximum absolute atomic E-state index is 12.6. The first-order valence-electron chi connectivity index (χ1n) is 10.2. The van der Waals surface area contributed by atoms with Crippen molar-refractivity contribution < 1.29 is 30.0 Å². The van der Waals surface area contributed by atoms with E-state index in [4.69, 9.17) is 10.5 Å². The number of imidazole rings is 1. The van der Waals surface area contributed by atoms with E-state index in [0.29, 0.717) is 11.2 Å². The van der Waals surface area contributed by atoms with E-state index in [-0.39, 0.29) is 18.0 Å². The Balaban J connectivity index is 1.43. The number of phenols is 1. The highest BCUT2D eigenvalue weighted by Gasteiger charge is 2.45. The fourth-order valence-corrected chi connectivity index (χ4v) is 3.68. The third-order valence-corrected chi connectivity index (χ3v) is 5.47. The van der Waals surface area contributed by atoms with Gasteiger partial charge in [0.05, 0.1) is 25.0 Å². The minimum absolute atomic E-state index is 0.0948. The van der Waals surface area contributed by atoms with Gasteiger partial charge in [-0.05, 0) is 24.1 Å². The minimum Gasteiger partial charge on any atom is -0.508 e. The number of aromatic nitrogens is 4. The third kappa shape index (κ3) is 4.86. The topological polar surface area (TPSA) is 212 Å². The molecule has 1 aromatic carbocycles. The second-order valence-corrected chi connectivity index (χ2v) is 7.74. The molecule has 1 aliphatic heterocycles. The van der Waals surface area contributed by atoms with Crippen molar-refractivity contribution in [2.24, 2.45) is 5.73 Å². The van der Waals surface area contributed by atoms with E-state index in [1.54, 1.807) is 12.1 Å². The Morgan fingerprint density at radius 1 is 1.18 bits per heavy atom. The number of nitrogens with zero attached hydrogens (tertiary/aromatic N) is 3. The Morgan fingerprint density at radius 3 is 2.67 bits per heavy atom. The van der Waals surface area contributed by atoms with Gasteiger partial charge in [0.1, 0.15) is 35.9 Å². The van der Waals surface area contributed by atoms with E-state index in [9.17, 15) is 25.2 Å². The molecule has 2 aromatic heterocycles. The summed E-state index contributed by atoms with van der Waals surface area (Å²) >= 11 is 0. The summed E-state index contributed by atoms with van der Waals surface area (Å²) in [6, 6.07) is 4.17. The molecule has 0 unspecified atom stereocenters. The van der Waals surface area contributed by atoms with Crippen molar-refractivity contribution >= 4 is 22.9 Å². The molecule has 9 N–H and O–H groups in total. The van der Waals surface area contributed by atoms with Crippen LogP contribution in [0.5, 0.6) is 5.75 Å². The molecule has 6 atom stereocenters. The van der Waals surface area contributed by atoms with Crippen molar-refractivity contribution in [2.75, 3.05) is 11.9 Å². The van der Waals surface area contributed by atoms with Crippen LogP contribution >= 0.6 is 0 Å². The number of amides is 1. The summed E-state index contributed by atoms with van der Waals surface area (Å²) in [5.74, 6) is -0.219. The number of hydrogen-bond donors (Lipinski definition) is 8. The van der Waals surface area contributed by atoms with E-state index < -0.39 is 49.1 Å². The molecule has 33 heavy (non-hydrogen) atoms. The van der Waals surface area contributed by atoms with Crippen LogP contribution < -0.4 is 16.4 Å². The van der Waals surface area contributed by atoms with Crippen LogP contribution in [0.3, 0.4) is 0 Å². The van der Waals surface area contributed by atoms with Gasteiger partial charge >= 0.3 is 0 Å². The highest BCUT2D eigenvalue weighted by molar-refractivity contribution is 5.83. The molecular formula is C20H25N7O6. The number of aliphatic hydroxyl groups excluding tert-OH is 3. The van der Waals surface area contributed by atoms with Crippen LogP contribution in [-0.2, 0) is 16.0 Å². The van der Waals surface area contributed by atoms with Crippen LogP contribution in [-0.4, -0.2) is 89.5 Å². The Bertz CT molecular complexity index is 1090. The number of benzene rings is 1. The molecule has 3 aromatic rings. The number of rotatable bonds is 7. The molecule has 1 aliphatic rings. The highest BCUT2D eigenvalue weighted by Crippen LogP contribution is 2.24. The average molecular weight is 459 g/mol. The Morgan fingerprint density at radius 2 is 1.94 bits per heavy atom. The zero-order valence-corrected chi connectivity index (χ0v) is 17.4. The normalized spacial score (nSPS) is 26.1. The first-order chi connectivity index (χ1) is 15.9. The van der Waals surface area contributed by atoms with Gasteiger partial charge in [-0.25, -0.2) is 15.0 Å². The zero-order chi connectivity index (χ0) is 23.5. The molecule has 4 rings (SSSR count). The molecule has 0 aliphatic carbocycles. The molecule has 0 radical (unpaired) electrons. The first kappa shape index (κ1) is 22.8. The predicted octanol–water partition coefficient (Wildman–Crippen LogP) is -2.04. The number of aromatic hydroxyl groups is 1. The summed E-state index contributed by atoms with van der Waals surface area (Å²) in [6.07, 6.45) is -2.24. The fraction of sp³-hybridized carbons (Fsp3) is 0.400. The van der Waals surface area contributed by atoms with Gasteiger partial charge in [0.25, 0.3) is 0 Å². The van der Waals surface area contributed by atoms with Gasteiger partial charge in [-0.3, -0.25) is 4.79 Å². The van der Waals surface area contributed by atoms with Crippen molar-refractivity contribution in [3.63, 3.8) is 0 Å². The smallest absolute Gasteiger partial charge is 0.237 e. The molecule has 0 bridgehead atoms. The van der Waals surface area contributed by atoms with Crippen LogP contribution in [0.2, 0.25) is 0 Å². The van der Waals surface area contributed by atoms with Gasteiger partial charge in [0.15, 0.2) is 17.7 Å². The molecule has 1 fully saturated rings. The lowest BCUT2D eigenvalue weighted by molar-refractivity contribution is -0.185. The Kier molecular flexibility index (Phi) is 6.67. The molecule has 1 saturated heterocycles. The molecule has 0 spiro atoms. The zero-order valence-electron chi connectivity index (χ0n) is 17.4. The monoisotopic (exact) mass is 459 g/mol. The number of ether oxygens (including phenoxy) is 1. The Hall–Kier alpha value is -3.36. The predicted molar refractivity (Wildman–Crippen MR) is 115 cm³/mol. The maximum Gasteiger partial charge on any atom is 0.237 e.